The lowest BCUT2D eigenvalue weighted by atomic mass is 10.1. The molecule has 0 aromatic heterocycles. The summed E-state index contributed by atoms with van der Waals surface area (Å²) in [4.78, 5) is 16.7. The minimum absolute atomic E-state index is 0.0298. The number of hydrogen-bond acceptors (Lipinski definition) is 5. The summed E-state index contributed by atoms with van der Waals surface area (Å²) in [6.07, 6.45) is 1.45. The van der Waals surface area contributed by atoms with E-state index in [9.17, 15) is 13.2 Å². The molecule has 0 N–H and O–H groups in total. The molecule has 0 radical (unpaired) electrons. The van der Waals surface area contributed by atoms with Crippen LogP contribution in [0.5, 0.6) is 0 Å². The first-order chi connectivity index (χ1) is 11.3. The molecule has 0 spiro atoms. The summed E-state index contributed by atoms with van der Waals surface area (Å²) in [7, 11) is -1.39. The van der Waals surface area contributed by atoms with Gasteiger partial charge in [-0.15, -0.1) is 0 Å². The lowest BCUT2D eigenvalue weighted by Crippen LogP contribution is -2.47. The number of hydrogen-bond donors (Lipinski definition) is 0. The van der Waals surface area contributed by atoms with Crippen LogP contribution in [0.15, 0.2) is 29.2 Å². The van der Waals surface area contributed by atoms with Gasteiger partial charge >= 0.3 is 0 Å². The van der Waals surface area contributed by atoms with Crippen molar-refractivity contribution in [3.8, 4) is 0 Å². The van der Waals surface area contributed by atoms with Gasteiger partial charge in [0.2, 0.25) is 5.91 Å². The molecule has 1 aliphatic rings. The second-order valence-corrected chi connectivity index (χ2v) is 8.38. The average Bonchev–Trinajstić information content (AvgIpc) is 2.55. The Morgan fingerprint density at radius 1 is 1.25 bits per heavy atom. The number of carbonyl (C=O) groups is 1. The first-order valence-corrected chi connectivity index (χ1v) is 10.0. The normalized spacial score (nSPS) is 17.5. The third kappa shape index (κ3) is 5.29. The first-order valence-electron chi connectivity index (χ1n) is 8.12. The van der Waals surface area contributed by atoms with E-state index in [1.165, 1.54) is 6.26 Å². The van der Waals surface area contributed by atoms with Crippen LogP contribution in [0.3, 0.4) is 0 Å². The molecule has 1 heterocycles. The van der Waals surface area contributed by atoms with E-state index < -0.39 is 9.84 Å². The number of nitrogens with zero attached hydrogens (tertiary/aromatic N) is 2. The number of amides is 1. The molecule has 1 amide bonds. The number of likely N-dealkylation sites (N-methyl/N-ethyl adjacent to an activating group) is 1. The van der Waals surface area contributed by atoms with Crippen LogP contribution in [0.25, 0.3) is 0 Å². The number of sulfone groups is 1. The molecule has 1 atom stereocenters. The molecule has 1 saturated heterocycles. The highest BCUT2D eigenvalue weighted by Gasteiger charge is 2.20. The van der Waals surface area contributed by atoms with E-state index in [1.807, 2.05) is 7.05 Å². The molecule has 24 heavy (non-hydrogen) atoms. The molecule has 0 saturated carbocycles. The summed E-state index contributed by atoms with van der Waals surface area (Å²) < 4.78 is 28.3. The monoisotopic (exact) mass is 354 g/mol. The molecule has 1 aromatic carbocycles. The highest BCUT2D eigenvalue weighted by molar-refractivity contribution is 7.90. The van der Waals surface area contributed by atoms with Crippen molar-refractivity contribution in [3.05, 3.63) is 29.8 Å². The van der Waals surface area contributed by atoms with E-state index in [1.54, 1.807) is 29.2 Å². The van der Waals surface area contributed by atoms with Crippen LogP contribution in [0.2, 0.25) is 0 Å². The zero-order valence-corrected chi connectivity index (χ0v) is 15.4. The van der Waals surface area contributed by atoms with Gasteiger partial charge in [-0.1, -0.05) is 12.1 Å². The summed E-state index contributed by atoms with van der Waals surface area (Å²) in [5, 5.41) is 0. The Kier molecular flexibility index (Phi) is 6.37. The largest absolute Gasteiger partial charge is 0.379 e. The quantitative estimate of drug-likeness (QED) is 0.756. The van der Waals surface area contributed by atoms with E-state index in [2.05, 4.69) is 11.8 Å². The molecule has 7 heteroatoms. The van der Waals surface area contributed by atoms with Crippen molar-refractivity contribution in [2.24, 2.45) is 0 Å². The molecule has 0 aliphatic carbocycles. The number of rotatable bonds is 6. The Hall–Kier alpha value is -1.44. The van der Waals surface area contributed by atoms with Gasteiger partial charge in [0, 0.05) is 39.0 Å². The Bertz CT molecular complexity index is 652. The van der Waals surface area contributed by atoms with E-state index in [0.717, 1.165) is 31.9 Å². The van der Waals surface area contributed by atoms with Gasteiger partial charge in [0.15, 0.2) is 9.84 Å². The summed E-state index contributed by atoms with van der Waals surface area (Å²) in [6.45, 7) is 6.08. The molecule has 1 aromatic rings. The number of carbonyl (C=O) groups excluding carboxylic acids is 1. The predicted octanol–water partition coefficient (Wildman–Crippen LogP) is 0.812. The van der Waals surface area contributed by atoms with Crippen LogP contribution in [-0.2, 0) is 25.8 Å². The van der Waals surface area contributed by atoms with Gasteiger partial charge in [-0.05, 0) is 24.6 Å². The van der Waals surface area contributed by atoms with Crippen molar-refractivity contribution in [2.45, 2.75) is 24.3 Å². The third-order valence-electron chi connectivity index (χ3n) is 4.34. The smallest absolute Gasteiger partial charge is 0.226 e. The molecule has 2 rings (SSSR count). The maximum Gasteiger partial charge on any atom is 0.226 e. The Balaban J connectivity index is 1.89. The highest BCUT2D eigenvalue weighted by atomic mass is 32.2. The zero-order chi connectivity index (χ0) is 17.7. The van der Waals surface area contributed by atoms with E-state index in [-0.39, 0.29) is 23.3 Å². The molecule has 6 nitrogen and oxygen atoms in total. The van der Waals surface area contributed by atoms with Crippen LogP contribution in [0.4, 0.5) is 0 Å². The third-order valence-corrected chi connectivity index (χ3v) is 5.47. The van der Waals surface area contributed by atoms with Crippen molar-refractivity contribution in [3.63, 3.8) is 0 Å². The van der Waals surface area contributed by atoms with E-state index >= 15 is 0 Å². The van der Waals surface area contributed by atoms with Gasteiger partial charge in [0.25, 0.3) is 0 Å². The minimum atomic E-state index is -3.20. The van der Waals surface area contributed by atoms with Crippen molar-refractivity contribution in [1.82, 2.24) is 9.80 Å². The van der Waals surface area contributed by atoms with Gasteiger partial charge in [0.05, 0.1) is 24.5 Å². The fraction of sp³-hybridized carbons (Fsp3) is 0.588. The molecule has 1 aliphatic heterocycles. The van der Waals surface area contributed by atoms with E-state index in [0.29, 0.717) is 6.54 Å². The van der Waals surface area contributed by atoms with Crippen LogP contribution in [0, 0.1) is 0 Å². The summed E-state index contributed by atoms with van der Waals surface area (Å²) in [5.74, 6) is 0.0298. The molecular formula is C17H26N2O4S. The van der Waals surface area contributed by atoms with Gasteiger partial charge < -0.3 is 9.64 Å². The second kappa shape index (κ2) is 8.09. The van der Waals surface area contributed by atoms with Crippen LogP contribution in [0.1, 0.15) is 12.5 Å². The Morgan fingerprint density at radius 3 is 2.38 bits per heavy atom. The maximum absolute atomic E-state index is 12.4. The SMILES string of the molecule is CC(CN(C)C(=O)Cc1ccc(S(C)(=O)=O)cc1)N1CCOCC1. The maximum atomic E-state index is 12.4. The fourth-order valence-electron chi connectivity index (χ4n) is 2.80. The van der Waals surface area contributed by atoms with Crippen LogP contribution in [-0.4, -0.2) is 76.3 Å². The van der Waals surface area contributed by atoms with Gasteiger partial charge in [-0.3, -0.25) is 9.69 Å². The number of benzene rings is 1. The molecule has 1 fully saturated rings. The molecule has 0 bridgehead atoms. The van der Waals surface area contributed by atoms with Crippen LogP contribution < -0.4 is 0 Å². The van der Waals surface area contributed by atoms with Crippen molar-refractivity contribution >= 4 is 15.7 Å². The Labute approximate surface area is 144 Å². The fourth-order valence-corrected chi connectivity index (χ4v) is 3.43. The number of ether oxygens (including phenoxy) is 1. The average molecular weight is 354 g/mol. The Morgan fingerprint density at radius 2 is 1.83 bits per heavy atom. The standard InChI is InChI=1S/C17H26N2O4S/c1-14(19-8-10-23-11-9-19)13-18(2)17(20)12-15-4-6-16(7-5-15)24(3,21)22/h4-7,14H,8-13H2,1-3H3. The minimum Gasteiger partial charge on any atom is -0.379 e. The lowest BCUT2D eigenvalue weighted by molar-refractivity contribution is -0.130. The van der Waals surface area contributed by atoms with Crippen molar-refractivity contribution in [1.29, 1.82) is 0 Å². The molecule has 134 valence electrons. The number of morpholine rings is 1. The first kappa shape index (κ1) is 18.9. The van der Waals surface area contributed by atoms with Gasteiger partial charge in [-0.2, -0.15) is 0 Å². The van der Waals surface area contributed by atoms with Gasteiger partial charge in [0.1, 0.15) is 0 Å². The summed E-state index contributed by atoms with van der Waals surface area (Å²) in [6, 6.07) is 6.79. The van der Waals surface area contributed by atoms with Crippen molar-refractivity contribution < 1.29 is 17.9 Å². The molecular weight excluding hydrogens is 328 g/mol. The van der Waals surface area contributed by atoms with Crippen LogP contribution >= 0.6 is 0 Å². The predicted molar refractivity (Wildman–Crippen MR) is 92.7 cm³/mol. The second-order valence-electron chi connectivity index (χ2n) is 6.36. The topological polar surface area (TPSA) is 66.9 Å². The summed E-state index contributed by atoms with van der Waals surface area (Å²) in [5.41, 5.74) is 0.818. The van der Waals surface area contributed by atoms with Gasteiger partial charge in [-0.25, -0.2) is 8.42 Å². The zero-order valence-electron chi connectivity index (χ0n) is 14.6. The summed E-state index contributed by atoms with van der Waals surface area (Å²) >= 11 is 0. The van der Waals surface area contributed by atoms with Crippen molar-refractivity contribution in [2.75, 3.05) is 46.2 Å². The lowest BCUT2D eigenvalue weighted by Gasteiger charge is -2.34. The highest BCUT2D eigenvalue weighted by Crippen LogP contribution is 2.12. The van der Waals surface area contributed by atoms with E-state index in [4.69, 9.17) is 4.74 Å². The molecule has 1 unspecified atom stereocenters.